The SMILES string of the molecule is CC(=O)N[C@@H](CC(=O)N1CCCN(c2ccc(C(F)(F)F)cn2)CC1)c1cccs1. The van der Waals surface area contributed by atoms with Crippen LogP contribution in [0.1, 0.15) is 36.2 Å². The van der Waals surface area contributed by atoms with Gasteiger partial charge in [-0.25, -0.2) is 4.98 Å². The standard InChI is InChI=1S/C20H23F3N4O2S/c1-14(28)25-16(17-4-2-11-30-17)12-19(29)27-8-3-7-26(9-10-27)18-6-5-15(13-24-18)20(21,22)23/h2,4-6,11,13,16H,3,7-10,12H2,1H3,(H,25,28)/t16-/m0/s1. The summed E-state index contributed by atoms with van der Waals surface area (Å²) in [6.07, 6.45) is -2.74. The van der Waals surface area contributed by atoms with Crippen molar-refractivity contribution in [3.8, 4) is 0 Å². The van der Waals surface area contributed by atoms with Crippen LogP contribution >= 0.6 is 11.3 Å². The Morgan fingerprint density at radius 3 is 2.60 bits per heavy atom. The molecule has 0 aromatic carbocycles. The summed E-state index contributed by atoms with van der Waals surface area (Å²) < 4.78 is 38.2. The molecule has 1 aliphatic rings. The Morgan fingerprint density at radius 1 is 1.20 bits per heavy atom. The zero-order valence-electron chi connectivity index (χ0n) is 16.5. The fraction of sp³-hybridized carbons (Fsp3) is 0.450. The summed E-state index contributed by atoms with van der Waals surface area (Å²) in [5, 5.41) is 4.73. The van der Waals surface area contributed by atoms with E-state index in [1.807, 2.05) is 22.4 Å². The van der Waals surface area contributed by atoms with Crippen molar-refractivity contribution in [2.75, 3.05) is 31.1 Å². The molecule has 0 aliphatic carbocycles. The van der Waals surface area contributed by atoms with Crippen LogP contribution in [0.4, 0.5) is 19.0 Å². The van der Waals surface area contributed by atoms with Gasteiger partial charge in [0.2, 0.25) is 11.8 Å². The second kappa shape index (κ2) is 9.46. The number of pyridine rings is 1. The molecule has 0 bridgehead atoms. The van der Waals surface area contributed by atoms with Crippen molar-refractivity contribution >= 4 is 29.0 Å². The minimum absolute atomic E-state index is 0.0654. The molecule has 2 amide bonds. The number of nitrogens with one attached hydrogen (secondary N) is 1. The van der Waals surface area contributed by atoms with Crippen molar-refractivity contribution < 1.29 is 22.8 Å². The zero-order chi connectivity index (χ0) is 21.7. The van der Waals surface area contributed by atoms with Gasteiger partial charge >= 0.3 is 6.18 Å². The summed E-state index contributed by atoms with van der Waals surface area (Å²) in [4.78, 5) is 32.9. The maximum Gasteiger partial charge on any atom is 0.417 e. The van der Waals surface area contributed by atoms with Crippen molar-refractivity contribution in [1.29, 1.82) is 0 Å². The topological polar surface area (TPSA) is 65.5 Å². The van der Waals surface area contributed by atoms with Crippen LogP contribution in [0, 0.1) is 0 Å². The highest BCUT2D eigenvalue weighted by molar-refractivity contribution is 7.10. The second-order valence-electron chi connectivity index (χ2n) is 7.10. The molecule has 162 valence electrons. The molecule has 0 saturated carbocycles. The molecular weight excluding hydrogens is 417 g/mol. The van der Waals surface area contributed by atoms with E-state index >= 15 is 0 Å². The Labute approximate surface area is 176 Å². The first-order valence-electron chi connectivity index (χ1n) is 9.60. The molecule has 3 rings (SSSR count). The number of nitrogens with zero attached hydrogens (tertiary/aromatic N) is 3. The molecule has 1 N–H and O–H groups in total. The normalized spacial score (nSPS) is 16.1. The van der Waals surface area contributed by atoms with E-state index in [0.717, 1.165) is 17.1 Å². The van der Waals surface area contributed by atoms with Gasteiger partial charge in [-0.2, -0.15) is 13.2 Å². The van der Waals surface area contributed by atoms with Gasteiger partial charge in [-0.3, -0.25) is 9.59 Å². The third kappa shape index (κ3) is 5.71. The first-order valence-corrected chi connectivity index (χ1v) is 10.5. The number of thiophene rings is 1. The summed E-state index contributed by atoms with van der Waals surface area (Å²) >= 11 is 1.48. The van der Waals surface area contributed by atoms with Gasteiger partial charge in [-0.1, -0.05) is 6.07 Å². The summed E-state index contributed by atoms with van der Waals surface area (Å²) in [5.41, 5.74) is -0.782. The Hall–Kier alpha value is -2.62. The molecule has 0 unspecified atom stereocenters. The third-order valence-electron chi connectivity index (χ3n) is 4.89. The van der Waals surface area contributed by atoms with E-state index in [1.165, 1.54) is 24.3 Å². The van der Waals surface area contributed by atoms with Crippen molar-refractivity contribution in [2.24, 2.45) is 0 Å². The number of anilines is 1. The lowest BCUT2D eigenvalue weighted by Crippen LogP contribution is -2.38. The van der Waals surface area contributed by atoms with Crippen LogP contribution < -0.4 is 10.2 Å². The van der Waals surface area contributed by atoms with E-state index in [9.17, 15) is 22.8 Å². The molecule has 3 heterocycles. The highest BCUT2D eigenvalue weighted by atomic mass is 32.1. The van der Waals surface area contributed by atoms with Crippen LogP contribution in [0.15, 0.2) is 35.8 Å². The molecule has 30 heavy (non-hydrogen) atoms. The molecule has 0 radical (unpaired) electrons. The lowest BCUT2D eigenvalue weighted by Gasteiger charge is -2.25. The molecule has 10 heteroatoms. The first kappa shape index (κ1) is 22.1. The number of hydrogen-bond acceptors (Lipinski definition) is 5. The first-order chi connectivity index (χ1) is 14.2. The molecule has 2 aromatic heterocycles. The van der Waals surface area contributed by atoms with Gasteiger partial charge in [0.1, 0.15) is 5.82 Å². The highest BCUT2D eigenvalue weighted by Crippen LogP contribution is 2.29. The van der Waals surface area contributed by atoms with Crippen molar-refractivity contribution in [2.45, 2.75) is 32.0 Å². The fourth-order valence-corrected chi connectivity index (χ4v) is 4.18. The number of carbonyl (C=O) groups is 2. The molecule has 1 aliphatic heterocycles. The average molecular weight is 440 g/mol. The van der Waals surface area contributed by atoms with E-state index in [0.29, 0.717) is 38.4 Å². The van der Waals surface area contributed by atoms with Gasteiger partial charge in [0, 0.05) is 44.2 Å². The minimum atomic E-state index is -4.42. The number of rotatable bonds is 5. The minimum Gasteiger partial charge on any atom is -0.355 e. The molecule has 0 spiro atoms. The molecular formula is C20H23F3N4O2S. The number of hydrogen-bond donors (Lipinski definition) is 1. The van der Waals surface area contributed by atoms with E-state index in [2.05, 4.69) is 10.3 Å². The lowest BCUT2D eigenvalue weighted by molar-refractivity contribution is -0.138. The van der Waals surface area contributed by atoms with Gasteiger partial charge in [0.05, 0.1) is 18.0 Å². The van der Waals surface area contributed by atoms with Crippen LogP contribution in [0.3, 0.4) is 0 Å². The maximum atomic E-state index is 12.9. The van der Waals surface area contributed by atoms with E-state index < -0.39 is 11.7 Å². The molecule has 1 fully saturated rings. The smallest absolute Gasteiger partial charge is 0.355 e. The molecule has 1 atom stereocenters. The largest absolute Gasteiger partial charge is 0.417 e. The van der Waals surface area contributed by atoms with Gasteiger partial charge in [-0.15, -0.1) is 11.3 Å². The summed E-state index contributed by atoms with van der Waals surface area (Å²) in [5.74, 6) is 0.202. The Balaban J connectivity index is 1.61. The number of amides is 2. The maximum absolute atomic E-state index is 12.9. The molecule has 2 aromatic rings. The summed E-state index contributed by atoms with van der Waals surface area (Å²) in [6, 6.07) is 5.78. The lowest BCUT2D eigenvalue weighted by atomic mass is 10.1. The molecule has 6 nitrogen and oxygen atoms in total. The zero-order valence-corrected chi connectivity index (χ0v) is 17.3. The van der Waals surface area contributed by atoms with Crippen LogP contribution in [-0.4, -0.2) is 47.9 Å². The van der Waals surface area contributed by atoms with Crippen LogP contribution in [0.2, 0.25) is 0 Å². The second-order valence-corrected chi connectivity index (χ2v) is 8.08. The highest BCUT2D eigenvalue weighted by Gasteiger charge is 2.31. The summed E-state index contributed by atoms with van der Waals surface area (Å²) in [7, 11) is 0. The van der Waals surface area contributed by atoms with Gasteiger partial charge in [0.25, 0.3) is 0 Å². The van der Waals surface area contributed by atoms with Crippen molar-refractivity contribution in [3.05, 3.63) is 46.3 Å². The predicted molar refractivity (Wildman–Crippen MR) is 108 cm³/mol. The average Bonchev–Trinajstić information content (AvgIpc) is 3.11. The van der Waals surface area contributed by atoms with Crippen molar-refractivity contribution in [1.82, 2.24) is 15.2 Å². The van der Waals surface area contributed by atoms with Crippen LogP contribution in [0.5, 0.6) is 0 Å². The molecule has 1 saturated heterocycles. The number of halogens is 3. The van der Waals surface area contributed by atoms with Gasteiger partial charge in [0.15, 0.2) is 0 Å². The van der Waals surface area contributed by atoms with Crippen LogP contribution in [0.25, 0.3) is 0 Å². The van der Waals surface area contributed by atoms with Gasteiger partial charge < -0.3 is 15.1 Å². The van der Waals surface area contributed by atoms with E-state index in [1.54, 1.807) is 4.90 Å². The van der Waals surface area contributed by atoms with Crippen LogP contribution in [-0.2, 0) is 15.8 Å². The monoisotopic (exact) mass is 440 g/mol. The van der Waals surface area contributed by atoms with Gasteiger partial charge in [-0.05, 0) is 30.0 Å². The summed E-state index contributed by atoms with van der Waals surface area (Å²) in [6.45, 7) is 3.49. The number of carbonyl (C=O) groups excluding carboxylic acids is 2. The Bertz CT molecular complexity index is 856. The van der Waals surface area contributed by atoms with E-state index in [4.69, 9.17) is 0 Å². The Kier molecular flexibility index (Phi) is 6.96. The third-order valence-corrected chi connectivity index (χ3v) is 5.88. The number of aromatic nitrogens is 1. The Morgan fingerprint density at radius 2 is 2.00 bits per heavy atom. The van der Waals surface area contributed by atoms with Crippen molar-refractivity contribution in [3.63, 3.8) is 0 Å². The number of alkyl halides is 3. The fourth-order valence-electron chi connectivity index (χ4n) is 3.40. The van der Waals surface area contributed by atoms with E-state index in [-0.39, 0.29) is 24.3 Å². The predicted octanol–water partition coefficient (Wildman–Crippen LogP) is 3.47. The quantitative estimate of drug-likeness (QED) is 0.773.